The summed E-state index contributed by atoms with van der Waals surface area (Å²) in [4.78, 5) is 11.2. The number of hydrogen-bond acceptors (Lipinski definition) is 3. The maximum absolute atomic E-state index is 11.2. The van der Waals surface area contributed by atoms with Crippen LogP contribution >= 0.6 is 11.6 Å². The number of carboxylic acid groups (broad SMARTS) is 1. The van der Waals surface area contributed by atoms with Crippen molar-refractivity contribution in [2.45, 2.75) is 40.8 Å². The molecule has 0 aromatic carbocycles. The predicted molar refractivity (Wildman–Crippen MR) is 75.4 cm³/mol. The molecule has 0 unspecified atom stereocenters. The molecule has 2 aromatic rings. The number of aryl methyl sites for hydroxylation is 3. The standard InChI is InChI=1S/C13H17ClN4O2/c1-5-17-10(12(14)8(3)16-17)6-18-9(4)11(13(19)20)7(2)15-18/h5-6H2,1-4H3,(H,19,20). The lowest BCUT2D eigenvalue weighted by atomic mass is 10.2. The Kier molecular flexibility index (Phi) is 3.85. The van der Waals surface area contributed by atoms with Crippen LogP contribution in [0.5, 0.6) is 0 Å². The van der Waals surface area contributed by atoms with Crippen molar-refractivity contribution in [1.29, 1.82) is 0 Å². The largest absolute Gasteiger partial charge is 0.478 e. The fraction of sp³-hybridized carbons (Fsp3) is 0.462. The number of rotatable bonds is 4. The molecule has 0 radical (unpaired) electrons. The third kappa shape index (κ3) is 2.31. The number of halogens is 1. The predicted octanol–water partition coefficient (Wildman–Crippen LogP) is 2.42. The van der Waals surface area contributed by atoms with E-state index >= 15 is 0 Å². The average Bonchev–Trinajstić information content (AvgIpc) is 2.80. The molecule has 0 atom stereocenters. The normalized spacial score (nSPS) is 11.1. The molecule has 0 saturated heterocycles. The molecule has 2 aromatic heterocycles. The third-order valence-corrected chi connectivity index (χ3v) is 3.84. The van der Waals surface area contributed by atoms with Crippen molar-refractivity contribution in [3.8, 4) is 0 Å². The van der Waals surface area contributed by atoms with Gasteiger partial charge >= 0.3 is 5.97 Å². The van der Waals surface area contributed by atoms with E-state index in [1.54, 1.807) is 18.5 Å². The summed E-state index contributed by atoms with van der Waals surface area (Å²) in [5.41, 5.74) is 2.98. The Morgan fingerprint density at radius 1 is 1.20 bits per heavy atom. The van der Waals surface area contributed by atoms with Crippen LogP contribution in [-0.2, 0) is 13.1 Å². The van der Waals surface area contributed by atoms with E-state index in [-0.39, 0.29) is 5.56 Å². The van der Waals surface area contributed by atoms with Gasteiger partial charge in [-0.25, -0.2) is 4.79 Å². The summed E-state index contributed by atoms with van der Waals surface area (Å²) in [7, 11) is 0. The van der Waals surface area contributed by atoms with Crippen LogP contribution in [-0.4, -0.2) is 30.6 Å². The fourth-order valence-corrected chi connectivity index (χ4v) is 2.52. The number of aromatic carboxylic acids is 1. The van der Waals surface area contributed by atoms with Gasteiger partial charge in [0.1, 0.15) is 5.56 Å². The highest BCUT2D eigenvalue weighted by molar-refractivity contribution is 6.31. The Labute approximate surface area is 122 Å². The Hall–Kier alpha value is -1.82. The van der Waals surface area contributed by atoms with Gasteiger partial charge in [-0.1, -0.05) is 11.6 Å². The molecule has 0 fully saturated rings. The van der Waals surface area contributed by atoms with E-state index in [1.165, 1.54) is 0 Å². The van der Waals surface area contributed by atoms with Crippen molar-refractivity contribution in [1.82, 2.24) is 19.6 Å². The van der Waals surface area contributed by atoms with Crippen LogP contribution in [0, 0.1) is 20.8 Å². The van der Waals surface area contributed by atoms with Crippen LogP contribution in [0.4, 0.5) is 0 Å². The summed E-state index contributed by atoms with van der Waals surface area (Å²) in [5.74, 6) is -0.961. The van der Waals surface area contributed by atoms with Gasteiger partial charge < -0.3 is 5.11 Å². The average molecular weight is 297 g/mol. The van der Waals surface area contributed by atoms with Crippen LogP contribution < -0.4 is 0 Å². The van der Waals surface area contributed by atoms with E-state index in [0.717, 1.165) is 11.4 Å². The summed E-state index contributed by atoms with van der Waals surface area (Å²) < 4.78 is 3.47. The highest BCUT2D eigenvalue weighted by Gasteiger charge is 2.20. The van der Waals surface area contributed by atoms with Gasteiger partial charge in [0, 0.05) is 6.54 Å². The first-order valence-corrected chi connectivity index (χ1v) is 6.73. The van der Waals surface area contributed by atoms with E-state index in [1.807, 2.05) is 18.5 Å². The number of carboxylic acids is 1. The molecule has 108 valence electrons. The van der Waals surface area contributed by atoms with Gasteiger partial charge in [0.15, 0.2) is 0 Å². The SMILES string of the molecule is CCn1nc(C)c(Cl)c1Cn1nc(C)c(C(=O)O)c1C. The van der Waals surface area contributed by atoms with E-state index in [0.29, 0.717) is 29.5 Å². The Bertz CT molecular complexity index is 672. The van der Waals surface area contributed by atoms with E-state index in [2.05, 4.69) is 10.2 Å². The van der Waals surface area contributed by atoms with Gasteiger partial charge in [-0.15, -0.1) is 0 Å². The van der Waals surface area contributed by atoms with Gasteiger partial charge in [0.05, 0.1) is 34.3 Å². The highest BCUT2D eigenvalue weighted by atomic mass is 35.5. The van der Waals surface area contributed by atoms with Gasteiger partial charge in [0.2, 0.25) is 0 Å². The molecule has 1 N–H and O–H groups in total. The van der Waals surface area contributed by atoms with Crippen molar-refractivity contribution in [3.63, 3.8) is 0 Å². The minimum Gasteiger partial charge on any atom is -0.478 e. The van der Waals surface area contributed by atoms with Crippen LogP contribution in [0.1, 0.15) is 40.1 Å². The number of aromatic nitrogens is 4. The number of hydrogen-bond donors (Lipinski definition) is 1. The molecule has 20 heavy (non-hydrogen) atoms. The van der Waals surface area contributed by atoms with Crippen molar-refractivity contribution in [2.24, 2.45) is 0 Å². The minimum absolute atomic E-state index is 0.250. The maximum Gasteiger partial charge on any atom is 0.339 e. The first kappa shape index (κ1) is 14.6. The summed E-state index contributed by atoms with van der Waals surface area (Å²) >= 11 is 6.26. The molecule has 2 rings (SSSR count). The molecule has 7 heteroatoms. The molecule has 0 aliphatic carbocycles. The van der Waals surface area contributed by atoms with Gasteiger partial charge in [-0.05, 0) is 27.7 Å². The first-order valence-electron chi connectivity index (χ1n) is 6.35. The fourth-order valence-electron chi connectivity index (χ4n) is 2.32. The van der Waals surface area contributed by atoms with Gasteiger partial charge in [-0.3, -0.25) is 9.36 Å². The highest BCUT2D eigenvalue weighted by Crippen LogP contribution is 2.22. The molecular weight excluding hydrogens is 280 g/mol. The summed E-state index contributed by atoms with van der Waals surface area (Å²) in [5, 5.41) is 18.4. The number of nitrogens with zero attached hydrogens (tertiary/aromatic N) is 4. The zero-order valence-electron chi connectivity index (χ0n) is 11.9. The molecular formula is C13H17ClN4O2. The molecule has 0 amide bonds. The van der Waals surface area contributed by atoms with Crippen LogP contribution in [0.25, 0.3) is 0 Å². The molecule has 6 nitrogen and oxygen atoms in total. The smallest absolute Gasteiger partial charge is 0.339 e. The molecule has 0 spiro atoms. The molecule has 0 aliphatic heterocycles. The first-order chi connectivity index (χ1) is 9.36. The monoisotopic (exact) mass is 296 g/mol. The van der Waals surface area contributed by atoms with E-state index in [4.69, 9.17) is 11.6 Å². The number of carbonyl (C=O) groups is 1. The Morgan fingerprint density at radius 2 is 1.80 bits per heavy atom. The minimum atomic E-state index is -0.961. The van der Waals surface area contributed by atoms with Crippen LogP contribution in [0.15, 0.2) is 0 Å². The van der Waals surface area contributed by atoms with Gasteiger partial charge in [0.25, 0.3) is 0 Å². The summed E-state index contributed by atoms with van der Waals surface area (Å²) in [6.07, 6.45) is 0. The maximum atomic E-state index is 11.2. The van der Waals surface area contributed by atoms with Crippen LogP contribution in [0.3, 0.4) is 0 Å². The molecule has 0 saturated carbocycles. The lowest BCUT2D eigenvalue weighted by Gasteiger charge is -2.07. The topological polar surface area (TPSA) is 72.9 Å². The van der Waals surface area contributed by atoms with Crippen LogP contribution in [0.2, 0.25) is 5.02 Å². The zero-order valence-corrected chi connectivity index (χ0v) is 12.7. The van der Waals surface area contributed by atoms with Gasteiger partial charge in [-0.2, -0.15) is 10.2 Å². The Balaban J connectivity index is 2.46. The summed E-state index contributed by atoms with van der Waals surface area (Å²) in [6, 6.07) is 0. The lowest BCUT2D eigenvalue weighted by molar-refractivity contribution is 0.0695. The lowest BCUT2D eigenvalue weighted by Crippen LogP contribution is -2.11. The quantitative estimate of drug-likeness (QED) is 0.940. The van der Waals surface area contributed by atoms with Crippen molar-refractivity contribution in [2.75, 3.05) is 0 Å². The second-order valence-electron chi connectivity index (χ2n) is 4.67. The van der Waals surface area contributed by atoms with Crippen molar-refractivity contribution >= 4 is 17.6 Å². The molecule has 0 bridgehead atoms. The Morgan fingerprint density at radius 3 is 2.30 bits per heavy atom. The molecule has 0 aliphatic rings. The van der Waals surface area contributed by atoms with E-state index < -0.39 is 5.97 Å². The third-order valence-electron chi connectivity index (χ3n) is 3.35. The molecule has 2 heterocycles. The van der Waals surface area contributed by atoms with Crippen molar-refractivity contribution in [3.05, 3.63) is 33.4 Å². The van der Waals surface area contributed by atoms with Crippen molar-refractivity contribution < 1.29 is 9.90 Å². The second-order valence-corrected chi connectivity index (χ2v) is 5.05. The zero-order chi connectivity index (χ0) is 15.0. The van der Waals surface area contributed by atoms with E-state index in [9.17, 15) is 9.90 Å². The second kappa shape index (κ2) is 5.28. The summed E-state index contributed by atoms with van der Waals surface area (Å²) in [6.45, 7) is 8.38.